The van der Waals surface area contributed by atoms with Crippen molar-refractivity contribution in [2.75, 3.05) is 7.11 Å². The second-order valence-corrected chi connectivity index (χ2v) is 7.07. The van der Waals surface area contributed by atoms with E-state index in [4.69, 9.17) is 14.9 Å². The molecule has 0 aliphatic heterocycles. The zero-order chi connectivity index (χ0) is 21.6. The summed E-state index contributed by atoms with van der Waals surface area (Å²) in [6.45, 7) is 0.739. The standard InChI is InChI=1S/C25H23N3O3/c1-31-23-12-5-2-8-19(23)15-16-28-22-11-4-3-10-21(22)26-25(28)20-9-6-7-18(17-20)13-14-24(29)27-30/h2-14,17,30H,15-16H2,1H3,(H,27,29)/b14-13+. The normalized spacial score (nSPS) is 11.2. The molecule has 4 rings (SSSR count). The van der Waals surface area contributed by atoms with E-state index in [1.165, 1.54) is 6.08 Å². The highest BCUT2D eigenvalue weighted by molar-refractivity contribution is 5.91. The molecule has 6 nitrogen and oxygen atoms in total. The van der Waals surface area contributed by atoms with E-state index in [0.717, 1.165) is 52.3 Å². The number of fused-ring (bicyclic) bond motifs is 1. The van der Waals surface area contributed by atoms with E-state index < -0.39 is 5.91 Å². The lowest BCUT2D eigenvalue weighted by Crippen LogP contribution is -2.14. The zero-order valence-corrected chi connectivity index (χ0v) is 17.2. The van der Waals surface area contributed by atoms with E-state index in [0.29, 0.717) is 0 Å². The third-order valence-electron chi connectivity index (χ3n) is 5.13. The van der Waals surface area contributed by atoms with Crippen molar-refractivity contribution in [2.24, 2.45) is 0 Å². The minimum Gasteiger partial charge on any atom is -0.496 e. The Kier molecular flexibility index (Phi) is 6.10. The quantitative estimate of drug-likeness (QED) is 0.266. The number of hydrogen-bond donors (Lipinski definition) is 2. The van der Waals surface area contributed by atoms with Gasteiger partial charge in [0, 0.05) is 18.2 Å². The highest BCUT2D eigenvalue weighted by Gasteiger charge is 2.13. The van der Waals surface area contributed by atoms with Gasteiger partial charge in [-0.15, -0.1) is 0 Å². The van der Waals surface area contributed by atoms with Gasteiger partial charge < -0.3 is 9.30 Å². The van der Waals surface area contributed by atoms with E-state index >= 15 is 0 Å². The number of aromatic nitrogens is 2. The van der Waals surface area contributed by atoms with Crippen LogP contribution in [0.3, 0.4) is 0 Å². The monoisotopic (exact) mass is 413 g/mol. The fraction of sp³-hybridized carbons (Fsp3) is 0.120. The van der Waals surface area contributed by atoms with Crippen molar-refractivity contribution in [3.63, 3.8) is 0 Å². The van der Waals surface area contributed by atoms with E-state index in [-0.39, 0.29) is 0 Å². The maximum Gasteiger partial charge on any atom is 0.267 e. The molecule has 4 aromatic rings. The number of hydroxylamine groups is 1. The largest absolute Gasteiger partial charge is 0.496 e. The third kappa shape index (κ3) is 4.49. The number of ether oxygens (including phenoxy) is 1. The highest BCUT2D eigenvalue weighted by atomic mass is 16.5. The van der Waals surface area contributed by atoms with Crippen LogP contribution in [0.25, 0.3) is 28.5 Å². The van der Waals surface area contributed by atoms with Gasteiger partial charge >= 0.3 is 0 Å². The second kappa shape index (κ2) is 9.28. The molecule has 0 spiro atoms. The molecule has 1 amide bonds. The lowest BCUT2D eigenvalue weighted by atomic mass is 10.1. The fourth-order valence-corrected chi connectivity index (χ4v) is 3.65. The predicted molar refractivity (Wildman–Crippen MR) is 121 cm³/mol. The summed E-state index contributed by atoms with van der Waals surface area (Å²) in [7, 11) is 1.69. The fourth-order valence-electron chi connectivity index (χ4n) is 3.65. The van der Waals surface area contributed by atoms with Crippen LogP contribution in [0.2, 0.25) is 0 Å². The average molecular weight is 413 g/mol. The van der Waals surface area contributed by atoms with Gasteiger partial charge in [0.15, 0.2) is 0 Å². The van der Waals surface area contributed by atoms with Gasteiger partial charge in [-0.2, -0.15) is 0 Å². The molecule has 31 heavy (non-hydrogen) atoms. The maximum absolute atomic E-state index is 11.3. The Bertz CT molecular complexity index is 1240. The van der Waals surface area contributed by atoms with Gasteiger partial charge in [0.2, 0.25) is 0 Å². The van der Waals surface area contributed by atoms with Crippen molar-refractivity contribution in [2.45, 2.75) is 13.0 Å². The van der Waals surface area contributed by atoms with Gasteiger partial charge in [0.1, 0.15) is 11.6 Å². The first-order chi connectivity index (χ1) is 15.2. The summed E-state index contributed by atoms with van der Waals surface area (Å²) in [6, 6.07) is 23.9. The Hall–Kier alpha value is -3.90. The van der Waals surface area contributed by atoms with Gasteiger partial charge in [-0.05, 0) is 47.9 Å². The topological polar surface area (TPSA) is 76.4 Å². The first kappa shape index (κ1) is 20.4. The summed E-state index contributed by atoms with van der Waals surface area (Å²) in [4.78, 5) is 16.2. The number of para-hydroxylation sites is 3. The van der Waals surface area contributed by atoms with Crippen LogP contribution in [0.4, 0.5) is 0 Å². The summed E-state index contributed by atoms with van der Waals surface area (Å²) in [5.74, 6) is 1.16. The molecule has 0 saturated carbocycles. The van der Waals surface area contributed by atoms with Crippen molar-refractivity contribution < 1.29 is 14.7 Å². The smallest absolute Gasteiger partial charge is 0.267 e. The molecule has 2 N–H and O–H groups in total. The van der Waals surface area contributed by atoms with Crippen LogP contribution in [-0.4, -0.2) is 27.8 Å². The van der Waals surface area contributed by atoms with Crippen molar-refractivity contribution in [3.8, 4) is 17.1 Å². The second-order valence-electron chi connectivity index (χ2n) is 7.07. The number of hydrogen-bond acceptors (Lipinski definition) is 4. The Morgan fingerprint density at radius 2 is 1.90 bits per heavy atom. The number of nitrogens with one attached hydrogen (secondary N) is 1. The van der Waals surface area contributed by atoms with Crippen molar-refractivity contribution in [1.29, 1.82) is 0 Å². The number of rotatable bonds is 7. The Morgan fingerprint density at radius 1 is 1.10 bits per heavy atom. The van der Waals surface area contributed by atoms with Crippen LogP contribution in [0, 0.1) is 0 Å². The molecule has 0 saturated heterocycles. The van der Waals surface area contributed by atoms with Crippen LogP contribution in [0.15, 0.2) is 78.9 Å². The van der Waals surface area contributed by atoms with Crippen LogP contribution in [0.1, 0.15) is 11.1 Å². The molecule has 0 bridgehead atoms. The zero-order valence-electron chi connectivity index (χ0n) is 17.2. The minimum absolute atomic E-state index is 0.575. The number of carbonyl (C=O) groups is 1. The molecule has 1 aromatic heterocycles. The maximum atomic E-state index is 11.3. The molecule has 0 aliphatic rings. The lowest BCUT2D eigenvalue weighted by molar-refractivity contribution is -0.124. The van der Waals surface area contributed by atoms with E-state index in [9.17, 15) is 4.79 Å². The lowest BCUT2D eigenvalue weighted by Gasteiger charge is -2.12. The van der Waals surface area contributed by atoms with E-state index in [1.54, 1.807) is 18.7 Å². The number of imidazole rings is 1. The van der Waals surface area contributed by atoms with Crippen LogP contribution in [0.5, 0.6) is 5.75 Å². The molecule has 156 valence electrons. The summed E-state index contributed by atoms with van der Waals surface area (Å²) < 4.78 is 7.72. The molecule has 0 atom stereocenters. The molecular formula is C25H23N3O3. The molecule has 0 fully saturated rings. The first-order valence-electron chi connectivity index (χ1n) is 9.99. The molecule has 6 heteroatoms. The Balaban J connectivity index is 1.72. The number of amides is 1. The SMILES string of the molecule is COc1ccccc1CCn1c(-c2cccc(/C=C/C(=O)NO)c2)nc2ccccc21. The summed E-state index contributed by atoms with van der Waals surface area (Å²) in [5.41, 5.74) is 6.51. The van der Waals surface area contributed by atoms with E-state index in [2.05, 4.69) is 16.7 Å². The van der Waals surface area contributed by atoms with Crippen LogP contribution < -0.4 is 10.2 Å². The number of benzene rings is 3. The van der Waals surface area contributed by atoms with Gasteiger partial charge in [-0.3, -0.25) is 10.0 Å². The van der Waals surface area contributed by atoms with Crippen molar-refractivity contribution in [3.05, 3.63) is 90.0 Å². The van der Waals surface area contributed by atoms with Crippen molar-refractivity contribution in [1.82, 2.24) is 15.0 Å². The van der Waals surface area contributed by atoms with Crippen LogP contribution >= 0.6 is 0 Å². The number of aryl methyl sites for hydroxylation is 2. The summed E-state index contributed by atoms with van der Waals surface area (Å²) in [6.07, 6.45) is 3.73. The summed E-state index contributed by atoms with van der Waals surface area (Å²) in [5, 5.41) is 8.68. The Labute approximate surface area is 180 Å². The molecule has 0 aliphatic carbocycles. The highest BCUT2D eigenvalue weighted by Crippen LogP contribution is 2.27. The average Bonchev–Trinajstić information content (AvgIpc) is 3.20. The minimum atomic E-state index is -0.575. The molecule has 3 aromatic carbocycles. The number of methoxy groups -OCH3 is 1. The predicted octanol–water partition coefficient (Wildman–Crippen LogP) is 4.47. The van der Waals surface area contributed by atoms with Crippen molar-refractivity contribution >= 4 is 23.0 Å². The first-order valence-corrected chi connectivity index (χ1v) is 9.99. The van der Waals surface area contributed by atoms with Gasteiger partial charge in [0.25, 0.3) is 5.91 Å². The molecule has 0 radical (unpaired) electrons. The van der Waals surface area contributed by atoms with E-state index in [1.807, 2.05) is 60.7 Å². The third-order valence-corrected chi connectivity index (χ3v) is 5.13. The van der Waals surface area contributed by atoms with Gasteiger partial charge in [-0.25, -0.2) is 10.5 Å². The number of nitrogens with zero attached hydrogens (tertiary/aromatic N) is 2. The molecule has 0 unspecified atom stereocenters. The number of carbonyl (C=O) groups excluding carboxylic acids is 1. The molecular weight excluding hydrogens is 390 g/mol. The van der Waals surface area contributed by atoms with Crippen LogP contribution in [-0.2, 0) is 17.8 Å². The van der Waals surface area contributed by atoms with Gasteiger partial charge in [0.05, 0.1) is 18.1 Å². The molecule has 1 heterocycles. The van der Waals surface area contributed by atoms with Gasteiger partial charge in [-0.1, -0.05) is 48.5 Å². The Morgan fingerprint density at radius 3 is 2.74 bits per heavy atom. The summed E-state index contributed by atoms with van der Waals surface area (Å²) >= 11 is 0.